The molecule has 2 rings (SSSR count). The van der Waals surface area contributed by atoms with Crippen LogP contribution in [-0.2, 0) is 16.1 Å². The number of aliphatic carboxylic acids is 1. The number of amides is 1. The number of anilines is 1. The van der Waals surface area contributed by atoms with Crippen molar-refractivity contribution in [3.05, 3.63) is 47.3 Å². The highest BCUT2D eigenvalue weighted by Crippen LogP contribution is 2.18. The van der Waals surface area contributed by atoms with Gasteiger partial charge in [0.25, 0.3) is 5.91 Å². The third-order valence-corrected chi connectivity index (χ3v) is 3.12. The van der Waals surface area contributed by atoms with Crippen molar-refractivity contribution in [3.63, 3.8) is 0 Å². The summed E-state index contributed by atoms with van der Waals surface area (Å²) in [5.41, 5.74) is 1.35. The van der Waals surface area contributed by atoms with Gasteiger partial charge in [-0.15, -0.1) is 0 Å². The molecule has 0 aliphatic carbocycles. The molecule has 0 aliphatic heterocycles. The number of aromatic nitrogens is 1. The number of benzene rings is 1. The Balaban J connectivity index is 2.03. The summed E-state index contributed by atoms with van der Waals surface area (Å²) >= 11 is 0. The zero-order valence-electron chi connectivity index (χ0n) is 12.2. The number of carbonyl (C=O) groups excluding carboxylic acids is 1. The Bertz CT molecular complexity index is 663. The summed E-state index contributed by atoms with van der Waals surface area (Å²) in [6.45, 7) is 1.84. The quantitative estimate of drug-likeness (QED) is 0.848. The number of carboxylic acid groups (broad SMARTS) is 1. The average Bonchev–Trinajstić information content (AvgIpc) is 2.96. The van der Waals surface area contributed by atoms with E-state index in [2.05, 4.69) is 10.5 Å². The van der Waals surface area contributed by atoms with Gasteiger partial charge in [-0.3, -0.25) is 9.59 Å². The molecule has 0 bridgehead atoms. The van der Waals surface area contributed by atoms with E-state index in [4.69, 9.17) is 14.4 Å². The number of hydrogen-bond acceptors (Lipinski definition) is 5. The average molecular weight is 304 g/mol. The second-order valence-electron chi connectivity index (χ2n) is 4.75. The molecule has 1 aromatic heterocycles. The van der Waals surface area contributed by atoms with Crippen molar-refractivity contribution in [1.29, 1.82) is 0 Å². The summed E-state index contributed by atoms with van der Waals surface area (Å²) in [5.74, 6) is -1.45. The Hall–Kier alpha value is -2.67. The molecule has 0 radical (unpaired) electrons. The van der Waals surface area contributed by atoms with Gasteiger partial charge in [-0.2, -0.15) is 0 Å². The van der Waals surface area contributed by atoms with Gasteiger partial charge < -0.3 is 19.7 Å². The SMILES string of the molecule is COCc1cc(C(=O)Nc2ccc(C(C)C(=O)O)cc2)no1. The number of nitrogens with zero attached hydrogens (tertiary/aromatic N) is 1. The van der Waals surface area contributed by atoms with E-state index < -0.39 is 17.8 Å². The summed E-state index contributed by atoms with van der Waals surface area (Å²) in [7, 11) is 1.52. The highest BCUT2D eigenvalue weighted by Gasteiger charge is 2.15. The summed E-state index contributed by atoms with van der Waals surface area (Å²) in [6, 6.07) is 8.10. The molecule has 1 atom stereocenters. The number of carboxylic acids is 1. The molecule has 2 N–H and O–H groups in total. The molecule has 22 heavy (non-hydrogen) atoms. The Kier molecular flexibility index (Phi) is 4.90. The highest BCUT2D eigenvalue weighted by atomic mass is 16.5. The summed E-state index contributed by atoms with van der Waals surface area (Å²) in [4.78, 5) is 22.9. The van der Waals surface area contributed by atoms with Crippen LogP contribution in [0.2, 0.25) is 0 Å². The monoisotopic (exact) mass is 304 g/mol. The first-order chi connectivity index (χ1) is 10.5. The molecule has 116 valence electrons. The van der Waals surface area contributed by atoms with Crippen molar-refractivity contribution in [2.75, 3.05) is 12.4 Å². The summed E-state index contributed by atoms with van der Waals surface area (Å²) < 4.78 is 9.82. The van der Waals surface area contributed by atoms with Crippen molar-refractivity contribution in [3.8, 4) is 0 Å². The minimum absolute atomic E-state index is 0.148. The fourth-order valence-electron chi connectivity index (χ4n) is 1.82. The van der Waals surface area contributed by atoms with Crippen LogP contribution >= 0.6 is 0 Å². The van der Waals surface area contributed by atoms with Crippen molar-refractivity contribution < 1.29 is 24.0 Å². The first kappa shape index (κ1) is 15.7. The van der Waals surface area contributed by atoms with E-state index in [1.54, 1.807) is 31.2 Å². The number of hydrogen-bond donors (Lipinski definition) is 2. The van der Waals surface area contributed by atoms with Crippen molar-refractivity contribution in [2.45, 2.75) is 19.4 Å². The molecule has 1 heterocycles. The lowest BCUT2D eigenvalue weighted by Gasteiger charge is -2.08. The molecular formula is C15H16N2O5. The first-order valence-electron chi connectivity index (χ1n) is 6.60. The van der Waals surface area contributed by atoms with Crippen LogP contribution in [0.1, 0.15) is 34.7 Å². The zero-order chi connectivity index (χ0) is 16.1. The summed E-state index contributed by atoms with van der Waals surface area (Å²) in [6.07, 6.45) is 0. The lowest BCUT2D eigenvalue weighted by atomic mass is 10.0. The number of carbonyl (C=O) groups is 2. The van der Waals surface area contributed by atoms with E-state index in [9.17, 15) is 9.59 Å². The molecule has 0 saturated carbocycles. The van der Waals surface area contributed by atoms with E-state index in [1.807, 2.05) is 0 Å². The molecular weight excluding hydrogens is 288 g/mol. The van der Waals surface area contributed by atoms with Gasteiger partial charge in [-0.25, -0.2) is 0 Å². The fraction of sp³-hybridized carbons (Fsp3) is 0.267. The van der Waals surface area contributed by atoms with Gasteiger partial charge in [0.15, 0.2) is 11.5 Å². The van der Waals surface area contributed by atoms with Gasteiger partial charge >= 0.3 is 5.97 Å². The van der Waals surface area contributed by atoms with Crippen LogP contribution in [0.5, 0.6) is 0 Å². The Labute approximate surface area is 126 Å². The lowest BCUT2D eigenvalue weighted by molar-refractivity contribution is -0.138. The maximum Gasteiger partial charge on any atom is 0.310 e. The highest BCUT2D eigenvalue weighted by molar-refractivity contribution is 6.02. The Morgan fingerprint density at radius 3 is 2.64 bits per heavy atom. The zero-order valence-corrected chi connectivity index (χ0v) is 12.2. The van der Waals surface area contributed by atoms with E-state index in [0.717, 1.165) is 0 Å². The van der Waals surface area contributed by atoms with Gasteiger partial charge in [0.05, 0.1) is 5.92 Å². The van der Waals surface area contributed by atoms with Crippen LogP contribution in [0.15, 0.2) is 34.9 Å². The van der Waals surface area contributed by atoms with Gasteiger partial charge in [0.2, 0.25) is 0 Å². The van der Waals surface area contributed by atoms with Gasteiger partial charge in [0.1, 0.15) is 6.61 Å². The molecule has 0 saturated heterocycles. The largest absolute Gasteiger partial charge is 0.481 e. The normalized spacial score (nSPS) is 11.9. The Morgan fingerprint density at radius 2 is 2.05 bits per heavy atom. The number of rotatable bonds is 6. The van der Waals surface area contributed by atoms with Crippen LogP contribution in [0.4, 0.5) is 5.69 Å². The third-order valence-electron chi connectivity index (χ3n) is 3.12. The molecule has 7 nitrogen and oxygen atoms in total. The molecule has 0 fully saturated rings. The predicted octanol–water partition coefficient (Wildman–Crippen LogP) is 2.26. The van der Waals surface area contributed by atoms with Crippen molar-refractivity contribution in [1.82, 2.24) is 5.16 Å². The van der Waals surface area contributed by atoms with Crippen LogP contribution in [-0.4, -0.2) is 29.2 Å². The number of methoxy groups -OCH3 is 1. The molecule has 2 aromatic rings. The molecule has 1 aromatic carbocycles. The van der Waals surface area contributed by atoms with Crippen LogP contribution < -0.4 is 5.32 Å². The number of nitrogens with one attached hydrogen (secondary N) is 1. The lowest BCUT2D eigenvalue weighted by Crippen LogP contribution is -2.12. The molecule has 1 unspecified atom stereocenters. The topological polar surface area (TPSA) is 102 Å². The molecule has 0 spiro atoms. The molecule has 7 heteroatoms. The van der Waals surface area contributed by atoms with Gasteiger partial charge in [-0.1, -0.05) is 17.3 Å². The second kappa shape index (κ2) is 6.86. The smallest absolute Gasteiger partial charge is 0.310 e. The minimum Gasteiger partial charge on any atom is -0.481 e. The molecule has 0 aliphatic rings. The van der Waals surface area contributed by atoms with Gasteiger partial charge in [0, 0.05) is 18.9 Å². The number of ether oxygens (including phenoxy) is 1. The Morgan fingerprint density at radius 1 is 1.36 bits per heavy atom. The maximum atomic E-state index is 12.0. The van der Waals surface area contributed by atoms with Crippen molar-refractivity contribution in [2.24, 2.45) is 0 Å². The minimum atomic E-state index is -0.898. The molecule has 1 amide bonds. The second-order valence-corrected chi connectivity index (χ2v) is 4.75. The van der Waals surface area contributed by atoms with Crippen LogP contribution in [0.25, 0.3) is 0 Å². The van der Waals surface area contributed by atoms with Crippen molar-refractivity contribution >= 4 is 17.6 Å². The fourth-order valence-corrected chi connectivity index (χ4v) is 1.82. The standard InChI is InChI=1S/C15H16N2O5/c1-9(15(19)20)10-3-5-11(6-4-10)16-14(18)13-7-12(8-21-2)22-17-13/h3-7,9H,8H2,1-2H3,(H,16,18)(H,19,20). The van der Waals surface area contributed by atoms with E-state index in [0.29, 0.717) is 17.0 Å². The van der Waals surface area contributed by atoms with E-state index >= 15 is 0 Å². The van der Waals surface area contributed by atoms with Gasteiger partial charge in [-0.05, 0) is 24.6 Å². The van der Waals surface area contributed by atoms with E-state index in [1.165, 1.54) is 13.2 Å². The van der Waals surface area contributed by atoms with Crippen LogP contribution in [0, 0.1) is 0 Å². The summed E-state index contributed by atoms with van der Waals surface area (Å²) in [5, 5.41) is 15.3. The van der Waals surface area contributed by atoms with E-state index in [-0.39, 0.29) is 12.3 Å². The first-order valence-corrected chi connectivity index (χ1v) is 6.60. The third kappa shape index (κ3) is 3.70. The maximum absolute atomic E-state index is 12.0. The predicted molar refractivity (Wildman–Crippen MR) is 77.7 cm³/mol. The van der Waals surface area contributed by atoms with Crippen LogP contribution in [0.3, 0.4) is 0 Å².